The van der Waals surface area contributed by atoms with Gasteiger partial charge < -0.3 is 24.8 Å². The number of carbonyl (C=O) groups is 1. The van der Waals surface area contributed by atoms with E-state index in [1.54, 1.807) is 14.2 Å². The number of aryl methyl sites for hydroxylation is 1. The van der Waals surface area contributed by atoms with Crippen molar-refractivity contribution in [1.82, 2.24) is 5.32 Å². The fourth-order valence-electron chi connectivity index (χ4n) is 3.46. The third-order valence-corrected chi connectivity index (χ3v) is 5.22. The number of methoxy groups -OCH3 is 2. The molecule has 2 aromatic carbocycles. The van der Waals surface area contributed by atoms with E-state index in [9.17, 15) is 4.79 Å². The summed E-state index contributed by atoms with van der Waals surface area (Å²) in [6, 6.07) is 12.0. The first-order valence-corrected chi connectivity index (χ1v) is 10.1. The molecule has 0 atom stereocenters. The Morgan fingerprint density at radius 1 is 1.03 bits per heavy atom. The monoisotopic (exact) mass is 398 g/mol. The SMILES string of the molecule is CCc1ccc(NC2CCOCC2)c(C(=O)NCc2ccc(OC)c(OC)c2)c1. The lowest BCUT2D eigenvalue weighted by molar-refractivity contribution is 0.0903. The van der Waals surface area contributed by atoms with Gasteiger partial charge in [0.05, 0.1) is 19.8 Å². The van der Waals surface area contributed by atoms with E-state index in [0.29, 0.717) is 29.6 Å². The molecule has 3 rings (SSSR count). The van der Waals surface area contributed by atoms with Crippen LogP contribution in [0.5, 0.6) is 11.5 Å². The molecule has 0 bridgehead atoms. The summed E-state index contributed by atoms with van der Waals surface area (Å²) in [6.45, 7) is 4.01. The Balaban J connectivity index is 1.73. The van der Waals surface area contributed by atoms with Crippen LogP contribution in [0.25, 0.3) is 0 Å². The molecule has 1 heterocycles. The van der Waals surface area contributed by atoms with Crippen molar-refractivity contribution in [2.45, 2.75) is 38.8 Å². The highest BCUT2D eigenvalue weighted by Crippen LogP contribution is 2.27. The summed E-state index contributed by atoms with van der Waals surface area (Å²) in [5.74, 6) is 1.22. The normalized spacial score (nSPS) is 14.3. The molecular weight excluding hydrogens is 368 g/mol. The van der Waals surface area contributed by atoms with Gasteiger partial charge in [-0.1, -0.05) is 19.1 Å². The number of amides is 1. The Labute approximate surface area is 172 Å². The second kappa shape index (κ2) is 10.2. The van der Waals surface area contributed by atoms with Gasteiger partial charge in [-0.05, 0) is 54.7 Å². The van der Waals surface area contributed by atoms with Crippen LogP contribution >= 0.6 is 0 Å². The third kappa shape index (κ3) is 5.41. The van der Waals surface area contributed by atoms with Crippen molar-refractivity contribution in [3.63, 3.8) is 0 Å². The third-order valence-electron chi connectivity index (χ3n) is 5.22. The Kier molecular flexibility index (Phi) is 7.36. The predicted octanol–water partition coefficient (Wildman–Crippen LogP) is 3.79. The molecule has 2 aromatic rings. The molecule has 0 radical (unpaired) electrons. The first-order valence-electron chi connectivity index (χ1n) is 10.1. The summed E-state index contributed by atoms with van der Waals surface area (Å²) in [5.41, 5.74) is 3.63. The van der Waals surface area contributed by atoms with Gasteiger partial charge in [-0.2, -0.15) is 0 Å². The number of nitrogens with one attached hydrogen (secondary N) is 2. The molecule has 1 aliphatic rings. The van der Waals surface area contributed by atoms with Crippen molar-refractivity contribution in [2.75, 3.05) is 32.8 Å². The van der Waals surface area contributed by atoms with Gasteiger partial charge in [-0.15, -0.1) is 0 Å². The number of ether oxygens (including phenoxy) is 3. The Morgan fingerprint density at radius 3 is 2.45 bits per heavy atom. The quantitative estimate of drug-likeness (QED) is 0.708. The molecule has 1 amide bonds. The van der Waals surface area contributed by atoms with Crippen LogP contribution in [0.2, 0.25) is 0 Å². The van der Waals surface area contributed by atoms with Crippen LogP contribution in [0.3, 0.4) is 0 Å². The van der Waals surface area contributed by atoms with E-state index < -0.39 is 0 Å². The van der Waals surface area contributed by atoms with Crippen LogP contribution in [0.15, 0.2) is 36.4 Å². The van der Waals surface area contributed by atoms with E-state index in [2.05, 4.69) is 23.6 Å². The molecule has 0 aromatic heterocycles. The van der Waals surface area contributed by atoms with E-state index in [0.717, 1.165) is 49.3 Å². The zero-order valence-electron chi connectivity index (χ0n) is 17.4. The molecule has 2 N–H and O–H groups in total. The van der Waals surface area contributed by atoms with Crippen LogP contribution in [0.1, 0.15) is 41.3 Å². The van der Waals surface area contributed by atoms with Gasteiger partial charge >= 0.3 is 0 Å². The molecule has 1 fully saturated rings. The van der Waals surface area contributed by atoms with E-state index in [-0.39, 0.29) is 5.91 Å². The van der Waals surface area contributed by atoms with Crippen LogP contribution in [0, 0.1) is 0 Å². The largest absolute Gasteiger partial charge is 0.493 e. The second-order valence-electron chi connectivity index (χ2n) is 7.14. The highest BCUT2D eigenvalue weighted by Gasteiger charge is 2.18. The van der Waals surface area contributed by atoms with E-state index in [4.69, 9.17) is 14.2 Å². The maximum absolute atomic E-state index is 13.0. The maximum atomic E-state index is 13.0. The van der Waals surface area contributed by atoms with Crippen molar-refractivity contribution in [2.24, 2.45) is 0 Å². The summed E-state index contributed by atoms with van der Waals surface area (Å²) in [5, 5.41) is 6.57. The molecule has 1 saturated heterocycles. The Hall–Kier alpha value is -2.73. The van der Waals surface area contributed by atoms with Gasteiger partial charge in [0.2, 0.25) is 0 Å². The van der Waals surface area contributed by atoms with Gasteiger partial charge in [-0.25, -0.2) is 0 Å². The standard InChI is InChI=1S/C23H30N2O4/c1-4-16-5-7-20(25-18-9-11-29-12-10-18)19(13-16)23(26)24-15-17-6-8-21(27-2)22(14-17)28-3/h5-8,13-14,18,25H,4,9-12,15H2,1-3H3,(H,24,26). The van der Waals surface area contributed by atoms with E-state index in [1.807, 2.05) is 30.3 Å². The number of benzene rings is 2. The molecule has 0 saturated carbocycles. The molecule has 0 aliphatic carbocycles. The summed E-state index contributed by atoms with van der Waals surface area (Å²) in [4.78, 5) is 13.0. The predicted molar refractivity (Wildman–Crippen MR) is 114 cm³/mol. The number of rotatable bonds is 8. The Bertz CT molecular complexity index is 832. The van der Waals surface area contributed by atoms with Crippen molar-refractivity contribution in [3.05, 3.63) is 53.1 Å². The van der Waals surface area contributed by atoms with E-state index >= 15 is 0 Å². The van der Waals surface area contributed by atoms with Crippen LogP contribution < -0.4 is 20.1 Å². The Morgan fingerprint density at radius 2 is 1.76 bits per heavy atom. The smallest absolute Gasteiger partial charge is 0.253 e. The average molecular weight is 399 g/mol. The summed E-state index contributed by atoms with van der Waals surface area (Å²) in [6.07, 6.45) is 2.78. The summed E-state index contributed by atoms with van der Waals surface area (Å²) < 4.78 is 16.1. The lowest BCUT2D eigenvalue weighted by Gasteiger charge is -2.25. The maximum Gasteiger partial charge on any atom is 0.253 e. The van der Waals surface area contributed by atoms with Crippen LogP contribution in [0.4, 0.5) is 5.69 Å². The average Bonchev–Trinajstić information content (AvgIpc) is 2.78. The first-order chi connectivity index (χ1) is 14.1. The van der Waals surface area contributed by atoms with Gasteiger partial charge in [0, 0.05) is 31.5 Å². The number of hydrogen-bond acceptors (Lipinski definition) is 5. The molecule has 6 nitrogen and oxygen atoms in total. The van der Waals surface area contributed by atoms with Crippen molar-refractivity contribution < 1.29 is 19.0 Å². The number of anilines is 1. The van der Waals surface area contributed by atoms with Gasteiger partial charge in [0.15, 0.2) is 11.5 Å². The summed E-state index contributed by atoms with van der Waals surface area (Å²) in [7, 11) is 3.21. The van der Waals surface area contributed by atoms with Crippen molar-refractivity contribution in [1.29, 1.82) is 0 Å². The highest BCUT2D eigenvalue weighted by molar-refractivity contribution is 5.99. The first kappa shape index (κ1) is 21.0. The highest BCUT2D eigenvalue weighted by atomic mass is 16.5. The molecule has 156 valence electrons. The lowest BCUT2D eigenvalue weighted by atomic mass is 10.0. The topological polar surface area (TPSA) is 68.8 Å². The van der Waals surface area contributed by atoms with Gasteiger partial charge in [0.1, 0.15) is 0 Å². The molecular formula is C23H30N2O4. The fraction of sp³-hybridized carbons (Fsp3) is 0.435. The molecule has 6 heteroatoms. The minimum absolute atomic E-state index is 0.0929. The van der Waals surface area contributed by atoms with Crippen molar-refractivity contribution >= 4 is 11.6 Å². The molecule has 29 heavy (non-hydrogen) atoms. The minimum atomic E-state index is -0.0929. The van der Waals surface area contributed by atoms with Gasteiger partial charge in [-0.3, -0.25) is 4.79 Å². The van der Waals surface area contributed by atoms with Gasteiger partial charge in [0.25, 0.3) is 5.91 Å². The lowest BCUT2D eigenvalue weighted by Crippen LogP contribution is -2.30. The summed E-state index contributed by atoms with van der Waals surface area (Å²) >= 11 is 0. The van der Waals surface area contributed by atoms with Crippen molar-refractivity contribution in [3.8, 4) is 11.5 Å². The van der Waals surface area contributed by atoms with Crippen LogP contribution in [-0.4, -0.2) is 39.4 Å². The van der Waals surface area contributed by atoms with Crippen LogP contribution in [-0.2, 0) is 17.7 Å². The second-order valence-corrected chi connectivity index (χ2v) is 7.14. The number of carbonyl (C=O) groups excluding carboxylic acids is 1. The molecule has 1 aliphatic heterocycles. The number of hydrogen-bond donors (Lipinski definition) is 2. The zero-order chi connectivity index (χ0) is 20.6. The molecule has 0 unspecified atom stereocenters. The minimum Gasteiger partial charge on any atom is -0.493 e. The zero-order valence-corrected chi connectivity index (χ0v) is 17.4. The fourth-order valence-corrected chi connectivity index (χ4v) is 3.46. The molecule has 0 spiro atoms. The van der Waals surface area contributed by atoms with E-state index in [1.165, 1.54) is 0 Å².